The molecule has 0 amide bonds. The van der Waals surface area contributed by atoms with Crippen LogP contribution in [0.2, 0.25) is 5.02 Å². The lowest BCUT2D eigenvalue weighted by molar-refractivity contribution is -0.138. The van der Waals surface area contributed by atoms with Gasteiger partial charge in [0, 0.05) is 11.5 Å². The maximum absolute atomic E-state index is 13.2. The van der Waals surface area contributed by atoms with Crippen LogP contribution in [0.5, 0.6) is 0 Å². The Morgan fingerprint density at radius 1 is 1.35 bits per heavy atom. The molecule has 0 saturated heterocycles. The Balaban J connectivity index is 2.22. The normalized spacial score (nSPS) is 20.2. The summed E-state index contributed by atoms with van der Waals surface area (Å²) in [7, 11) is 1.18. The van der Waals surface area contributed by atoms with Gasteiger partial charge in [-0.3, -0.25) is 0 Å². The van der Waals surface area contributed by atoms with E-state index in [1.54, 1.807) is 6.92 Å². The van der Waals surface area contributed by atoms with Gasteiger partial charge in [0.2, 0.25) is 0 Å². The van der Waals surface area contributed by atoms with Crippen LogP contribution in [0.3, 0.4) is 0 Å². The highest BCUT2D eigenvalue weighted by Gasteiger charge is 2.42. The molecule has 0 aromatic heterocycles. The summed E-state index contributed by atoms with van der Waals surface area (Å²) in [4.78, 5) is 24.5. The molecule has 8 heteroatoms. The van der Waals surface area contributed by atoms with Crippen LogP contribution in [0.25, 0.3) is 0 Å². The van der Waals surface area contributed by atoms with Crippen molar-refractivity contribution >= 4 is 23.5 Å². The molecule has 1 heterocycles. The molecule has 1 aromatic rings. The van der Waals surface area contributed by atoms with Gasteiger partial charge in [0.05, 0.1) is 23.3 Å². The predicted octanol–water partition coefficient (Wildman–Crippen LogP) is 4.19. The molecule has 26 heavy (non-hydrogen) atoms. The molecular weight excluding hydrogens is 373 g/mol. The zero-order valence-electron chi connectivity index (χ0n) is 13.9. The van der Waals surface area contributed by atoms with E-state index in [1.807, 2.05) is 0 Å². The van der Waals surface area contributed by atoms with Gasteiger partial charge in [-0.2, -0.15) is 13.2 Å². The van der Waals surface area contributed by atoms with E-state index in [1.165, 1.54) is 13.2 Å². The number of alkyl halides is 3. The molecule has 3 rings (SSSR count). The Morgan fingerprint density at radius 2 is 2.04 bits per heavy atom. The lowest BCUT2D eigenvalue weighted by Gasteiger charge is -2.27. The van der Waals surface area contributed by atoms with Crippen LogP contribution in [0.4, 0.5) is 13.2 Å². The van der Waals surface area contributed by atoms with Gasteiger partial charge in [0.1, 0.15) is 6.61 Å². The molecule has 0 fully saturated rings. The van der Waals surface area contributed by atoms with Crippen LogP contribution in [0, 0.1) is 0 Å². The first-order chi connectivity index (χ1) is 12.1. The number of allylic oxidation sites excluding steroid dienone is 1. The van der Waals surface area contributed by atoms with Crippen LogP contribution in [0.1, 0.15) is 30.4 Å². The van der Waals surface area contributed by atoms with Gasteiger partial charge in [-0.25, -0.2) is 9.59 Å². The van der Waals surface area contributed by atoms with Gasteiger partial charge in [0.15, 0.2) is 0 Å². The summed E-state index contributed by atoms with van der Waals surface area (Å²) < 4.78 is 49.6. The smallest absolute Gasteiger partial charge is 0.417 e. The summed E-state index contributed by atoms with van der Waals surface area (Å²) in [6, 6.07) is 3.35. The Morgan fingerprint density at radius 3 is 2.65 bits per heavy atom. The van der Waals surface area contributed by atoms with E-state index in [9.17, 15) is 22.8 Å². The van der Waals surface area contributed by atoms with Gasteiger partial charge in [0.25, 0.3) is 0 Å². The Kier molecular flexibility index (Phi) is 4.60. The van der Waals surface area contributed by atoms with Crippen molar-refractivity contribution in [1.29, 1.82) is 0 Å². The minimum atomic E-state index is -4.67. The van der Waals surface area contributed by atoms with Crippen molar-refractivity contribution in [2.75, 3.05) is 13.7 Å². The second-order valence-electron chi connectivity index (χ2n) is 6.13. The van der Waals surface area contributed by atoms with Crippen molar-refractivity contribution in [1.82, 2.24) is 0 Å². The molecule has 1 aliphatic carbocycles. The third-order valence-electron chi connectivity index (χ3n) is 4.53. The second kappa shape index (κ2) is 6.46. The minimum absolute atomic E-state index is 0.0657. The molecule has 0 radical (unpaired) electrons. The van der Waals surface area contributed by atoms with E-state index in [2.05, 4.69) is 0 Å². The average molecular weight is 387 g/mol. The SMILES string of the molecule is COC(=O)C1=C(C)CC2=C(C(=O)OC2)C1c1ccc(Cl)c(C(F)(F)F)c1. The van der Waals surface area contributed by atoms with Crippen molar-refractivity contribution in [3.63, 3.8) is 0 Å². The van der Waals surface area contributed by atoms with Crippen molar-refractivity contribution in [3.8, 4) is 0 Å². The molecule has 2 aliphatic rings. The third-order valence-corrected chi connectivity index (χ3v) is 4.86. The first-order valence-corrected chi connectivity index (χ1v) is 8.06. The number of rotatable bonds is 2. The van der Waals surface area contributed by atoms with Crippen molar-refractivity contribution in [3.05, 3.63) is 56.6 Å². The van der Waals surface area contributed by atoms with Crippen molar-refractivity contribution in [2.45, 2.75) is 25.4 Å². The Labute approximate surface area is 152 Å². The van der Waals surface area contributed by atoms with Crippen molar-refractivity contribution in [2.24, 2.45) is 0 Å². The number of benzene rings is 1. The van der Waals surface area contributed by atoms with Gasteiger partial charge < -0.3 is 9.47 Å². The van der Waals surface area contributed by atoms with E-state index in [0.29, 0.717) is 17.6 Å². The fraction of sp³-hybridized carbons (Fsp3) is 0.333. The van der Waals surface area contributed by atoms with Gasteiger partial charge in [-0.1, -0.05) is 23.2 Å². The monoisotopic (exact) mass is 386 g/mol. The number of ether oxygens (including phenoxy) is 2. The fourth-order valence-corrected chi connectivity index (χ4v) is 3.63. The van der Waals surface area contributed by atoms with Crippen LogP contribution >= 0.6 is 11.6 Å². The fourth-order valence-electron chi connectivity index (χ4n) is 3.40. The molecule has 0 saturated carbocycles. The maximum Gasteiger partial charge on any atom is 0.417 e. The van der Waals surface area contributed by atoms with Gasteiger partial charge in [-0.15, -0.1) is 0 Å². The van der Waals surface area contributed by atoms with E-state index >= 15 is 0 Å². The zero-order chi connectivity index (χ0) is 19.2. The van der Waals surface area contributed by atoms with Gasteiger partial charge >= 0.3 is 18.1 Å². The zero-order valence-corrected chi connectivity index (χ0v) is 14.6. The number of halogens is 4. The van der Waals surface area contributed by atoms with E-state index < -0.39 is 34.6 Å². The summed E-state index contributed by atoms with van der Waals surface area (Å²) >= 11 is 5.69. The standard InChI is InChI=1S/C18H14ClF3O4/c1-8-5-10-7-26-17(24)15(10)14(13(8)16(23)25-2)9-3-4-12(19)11(6-9)18(20,21)22/h3-4,6,14H,5,7H2,1-2H3. The van der Waals surface area contributed by atoms with E-state index in [4.69, 9.17) is 21.1 Å². The summed E-state index contributed by atoms with van der Waals surface area (Å²) in [5.41, 5.74) is 0.744. The highest BCUT2D eigenvalue weighted by Crippen LogP contribution is 2.46. The Bertz CT molecular complexity index is 868. The lowest BCUT2D eigenvalue weighted by Crippen LogP contribution is -2.23. The van der Waals surface area contributed by atoms with Crippen LogP contribution < -0.4 is 0 Å². The quantitative estimate of drug-likeness (QED) is 0.715. The molecule has 4 nitrogen and oxygen atoms in total. The molecule has 138 valence electrons. The number of methoxy groups -OCH3 is 1. The molecule has 1 aromatic carbocycles. The summed E-state index contributed by atoms with van der Waals surface area (Å²) in [5.74, 6) is -2.32. The number of carbonyl (C=O) groups is 2. The molecule has 0 spiro atoms. The molecule has 1 aliphatic heterocycles. The van der Waals surface area contributed by atoms with Crippen LogP contribution in [-0.2, 0) is 25.2 Å². The number of hydrogen-bond acceptors (Lipinski definition) is 4. The third kappa shape index (κ3) is 3.00. The maximum atomic E-state index is 13.2. The second-order valence-corrected chi connectivity index (χ2v) is 6.53. The minimum Gasteiger partial charge on any atom is -0.466 e. The summed E-state index contributed by atoms with van der Waals surface area (Å²) in [5, 5.41) is -0.458. The largest absolute Gasteiger partial charge is 0.466 e. The molecule has 1 atom stereocenters. The summed E-state index contributed by atoms with van der Waals surface area (Å²) in [6.45, 7) is 1.75. The highest BCUT2D eigenvalue weighted by molar-refractivity contribution is 6.31. The number of hydrogen-bond donors (Lipinski definition) is 0. The molecular formula is C18H14ClF3O4. The average Bonchev–Trinajstić information content (AvgIpc) is 2.93. The van der Waals surface area contributed by atoms with Crippen LogP contribution in [-0.4, -0.2) is 25.7 Å². The highest BCUT2D eigenvalue weighted by atomic mass is 35.5. The molecule has 0 N–H and O–H groups in total. The molecule has 0 bridgehead atoms. The van der Waals surface area contributed by atoms with Gasteiger partial charge in [-0.05, 0) is 36.6 Å². The summed E-state index contributed by atoms with van der Waals surface area (Å²) in [6.07, 6.45) is -4.33. The van der Waals surface area contributed by atoms with E-state index in [-0.39, 0.29) is 23.3 Å². The first-order valence-electron chi connectivity index (χ1n) is 7.68. The topological polar surface area (TPSA) is 52.6 Å². The Hall–Kier alpha value is -2.28. The number of cyclic esters (lactones) is 1. The molecule has 1 unspecified atom stereocenters. The number of esters is 2. The lowest BCUT2D eigenvalue weighted by atomic mass is 9.75. The van der Waals surface area contributed by atoms with Crippen LogP contribution in [0.15, 0.2) is 40.5 Å². The van der Waals surface area contributed by atoms with E-state index in [0.717, 1.165) is 12.1 Å². The van der Waals surface area contributed by atoms with Crippen molar-refractivity contribution < 1.29 is 32.2 Å². The predicted molar refractivity (Wildman–Crippen MR) is 86.5 cm³/mol. The number of carbonyl (C=O) groups excluding carboxylic acids is 2. The first kappa shape index (κ1) is 18.5.